The number of ether oxygens (including phenoxy) is 1. The fraction of sp³-hybridized carbons (Fsp3) is 0.495. The van der Waals surface area contributed by atoms with Crippen LogP contribution in [0.4, 0.5) is 22.7 Å². The fourth-order valence-electron chi connectivity index (χ4n) is 16.3. The molecular weight excluding hydrogens is 1300 g/mol. The van der Waals surface area contributed by atoms with E-state index in [1.54, 1.807) is 0 Å². The molecule has 11 nitrogen and oxygen atoms in total. The minimum Gasteiger partial charge on any atom is -0.457 e. The topological polar surface area (TPSA) is 79.9 Å². The third-order valence-corrected chi connectivity index (χ3v) is 21.9. The van der Waals surface area contributed by atoms with Crippen LogP contribution in [-0.2, 0) is 37.7 Å². The van der Waals surface area contributed by atoms with Gasteiger partial charge in [0.25, 0.3) is 0 Å². The molecule has 11 heteroatoms. The van der Waals surface area contributed by atoms with Crippen molar-refractivity contribution in [3.8, 4) is 5.75 Å². The number of carbonyl (C=O) groups is 2. The van der Waals surface area contributed by atoms with Gasteiger partial charge in [0.15, 0.2) is 18.0 Å². The predicted octanol–water partition coefficient (Wildman–Crippen LogP) is 20.0. The van der Waals surface area contributed by atoms with Gasteiger partial charge in [-0.25, -0.2) is 0 Å². The molecule has 0 radical (unpaired) electrons. The van der Waals surface area contributed by atoms with Crippen molar-refractivity contribution in [2.24, 2.45) is 0 Å². The van der Waals surface area contributed by atoms with Gasteiger partial charge in [-0.3, -0.25) is 9.59 Å². The van der Waals surface area contributed by atoms with Crippen LogP contribution in [0.5, 0.6) is 5.75 Å². The molecule has 4 aliphatic heterocycles. The van der Waals surface area contributed by atoms with E-state index in [2.05, 4.69) is 314 Å². The molecule has 0 saturated heterocycles. The smallest absolute Gasteiger partial charge is 0.220 e. The van der Waals surface area contributed by atoms with Gasteiger partial charge in [-0.2, -0.15) is 9.15 Å². The zero-order chi connectivity index (χ0) is 77.7. The van der Waals surface area contributed by atoms with Crippen LogP contribution in [0.15, 0.2) is 180 Å². The SMILES string of the molecule is Cc1ccc2c(c1)C(C)(C)C(/C=C/C1=C(Oc3ccc(CCC(=O)NC(C)(C)C)cc3)C(=C/C=C3/N(CCC[N+](C)(C)C)c4ccc(C)cc4C3(C)C)/CCC1)=[N+]2CCC[N+](C)(C)C.Cc1ccc2c(c1)C(C)(C)C(/C=C/C=C/C=C1\N(CCCCCC(=O)NC(C)(C)C)c3ccc(C)cc3C1(C)C)=[N+]2C. The summed E-state index contributed by atoms with van der Waals surface area (Å²) in [6, 6.07) is 36.0. The highest BCUT2D eigenvalue weighted by atomic mass is 16.5. The van der Waals surface area contributed by atoms with Crippen molar-refractivity contribution in [1.29, 1.82) is 0 Å². The summed E-state index contributed by atoms with van der Waals surface area (Å²) >= 11 is 0. The van der Waals surface area contributed by atoms with Gasteiger partial charge < -0.3 is 34.1 Å². The van der Waals surface area contributed by atoms with Gasteiger partial charge in [0.2, 0.25) is 23.2 Å². The first-order valence-corrected chi connectivity index (χ1v) is 39.6. The molecule has 5 aliphatic rings. The number of hydrogen-bond acceptors (Lipinski definition) is 5. The molecule has 0 bridgehead atoms. The van der Waals surface area contributed by atoms with E-state index in [-0.39, 0.29) is 44.6 Å². The van der Waals surface area contributed by atoms with Crippen LogP contribution in [0.2, 0.25) is 0 Å². The second kappa shape index (κ2) is 32.8. The summed E-state index contributed by atoms with van der Waals surface area (Å²) in [6.07, 6.45) is 30.5. The van der Waals surface area contributed by atoms with E-state index in [1.165, 1.54) is 101 Å². The molecule has 5 aromatic rings. The molecule has 5 aromatic carbocycles. The molecule has 106 heavy (non-hydrogen) atoms. The molecule has 0 unspecified atom stereocenters. The summed E-state index contributed by atoms with van der Waals surface area (Å²) in [6.45, 7) is 44.9. The standard InChI is InChI=1S/C57H81N5O2.C38H51N3O/c1-41-21-30-49-47(39-41)56(6,7)51(59(49)35-17-37-61(10,11)12)32-26-44-19-16-20-45(54(44)64-46-28-23-43(24-29-46)25-34-53(63)58-55(3,4)5)27-33-52-57(8,9)48-40-42(2)22-31-50(48)60(52)36-18-38-62(13,14)15;1-27-20-22-31-29(25-27)37(6,7)33(40(31)10)17-13-11-14-18-34-38(8,9)30-26-28(2)21-23-32(30)41(34)24-16-12-15-19-35(42)39-36(3,4)5/h21-24,26-33,39-40H,16-20,25,34-38H2,1-15H3;11,13-14,17-18,20-23,25-26H,12,15-16,19,24H2,1-10H3/q+2;/p+2. The summed E-state index contributed by atoms with van der Waals surface area (Å²) in [5.74, 6) is 1.99. The quantitative estimate of drug-likeness (QED) is 0.0263. The number of unbranched alkanes of at least 4 members (excludes halogenated alkanes) is 2. The van der Waals surface area contributed by atoms with E-state index in [0.29, 0.717) is 19.3 Å². The van der Waals surface area contributed by atoms with Gasteiger partial charge in [-0.15, -0.1) is 0 Å². The normalized spacial score (nSPS) is 18.6. The van der Waals surface area contributed by atoms with E-state index in [4.69, 9.17) is 4.74 Å². The number of nitrogens with zero attached hydrogens (tertiary/aromatic N) is 6. The fourth-order valence-corrected chi connectivity index (χ4v) is 16.3. The van der Waals surface area contributed by atoms with E-state index in [0.717, 1.165) is 110 Å². The van der Waals surface area contributed by atoms with Crippen LogP contribution in [-0.4, -0.2) is 134 Å². The third kappa shape index (κ3) is 20.2. The Labute approximate surface area is 641 Å². The number of anilines is 2. The van der Waals surface area contributed by atoms with Crippen molar-refractivity contribution in [1.82, 2.24) is 10.6 Å². The van der Waals surface area contributed by atoms with Gasteiger partial charge in [0, 0.05) is 112 Å². The maximum Gasteiger partial charge on any atom is 0.220 e. The van der Waals surface area contributed by atoms with Crippen molar-refractivity contribution in [2.45, 2.75) is 228 Å². The number of amides is 2. The first-order chi connectivity index (χ1) is 49.4. The molecule has 0 aromatic heterocycles. The van der Waals surface area contributed by atoms with Crippen molar-refractivity contribution < 1.29 is 32.4 Å². The highest BCUT2D eigenvalue weighted by Crippen LogP contribution is 2.51. The zero-order valence-electron chi connectivity index (χ0n) is 70.2. The molecule has 0 atom stereocenters. The molecule has 0 spiro atoms. The van der Waals surface area contributed by atoms with Crippen LogP contribution >= 0.6 is 0 Å². The van der Waals surface area contributed by atoms with Gasteiger partial charge >= 0.3 is 0 Å². The van der Waals surface area contributed by atoms with Gasteiger partial charge in [-0.05, 0) is 218 Å². The molecule has 2 amide bonds. The number of aryl methyl sites for hydroxylation is 5. The number of benzene rings is 5. The number of nitrogens with one attached hydrogen (secondary N) is 2. The Morgan fingerprint density at radius 2 is 1.01 bits per heavy atom. The number of quaternary nitrogens is 2. The Morgan fingerprint density at radius 1 is 0.509 bits per heavy atom. The summed E-state index contributed by atoms with van der Waals surface area (Å²) in [5.41, 5.74) is 24.1. The number of allylic oxidation sites excluding steroid dienone is 13. The Balaban J connectivity index is 0.000000267. The number of carbonyl (C=O) groups excluding carboxylic acids is 2. The van der Waals surface area contributed by atoms with E-state index >= 15 is 0 Å². The van der Waals surface area contributed by atoms with E-state index in [9.17, 15) is 9.59 Å². The van der Waals surface area contributed by atoms with Gasteiger partial charge in [0.05, 0.1) is 72.6 Å². The Hall–Kier alpha value is -8.12. The molecule has 2 N–H and O–H groups in total. The third-order valence-electron chi connectivity index (χ3n) is 21.9. The van der Waals surface area contributed by atoms with Crippen molar-refractivity contribution >= 4 is 46.0 Å². The summed E-state index contributed by atoms with van der Waals surface area (Å²) < 4.78 is 13.9. The summed E-state index contributed by atoms with van der Waals surface area (Å²) in [5, 5.41) is 6.17. The second-order valence-corrected chi connectivity index (χ2v) is 37.3. The summed E-state index contributed by atoms with van der Waals surface area (Å²) in [7, 11) is 15.9. The predicted molar refractivity (Wildman–Crippen MR) is 449 cm³/mol. The monoisotopic (exact) mass is 1440 g/mol. The van der Waals surface area contributed by atoms with Crippen molar-refractivity contribution in [2.75, 3.05) is 91.9 Å². The number of rotatable bonds is 25. The molecule has 0 fully saturated rings. The number of fused-ring (bicyclic) bond motifs is 4. The minimum absolute atomic E-state index is 0.0317. The second-order valence-electron chi connectivity index (χ2n) is 37.3. The molecule has 568 valence electrons. The lowest BCUT2D eigenvalue weighted by Gasteiger charge is -2.29. The average Bonchev–Trinajstić information content (AvgIpc) is 1.62. The van der Waals surface area contributed by atoms with Crippen molar-refractivity contribution in [3.05, 3.63) is 230 Å². The molecule has 4 heterocycles. The van der Waals surface area contributed by atoms with Crippen LogP contribution in [0.1, 0.15) is 211 Å². The van der Waals surface area contributed by atoms with Crippen LogP contribution in [0.3, 0.4) is 0 Å². The van der Waals surface area contributed by atoms with Crippen molar-refractivity contribution in [3.63, 3.8) is 0 Å². The Kier molecular flexibility index (Phi) is 25.3. The lowest BCUT2D eigenvalue weighted by Crippen LogP contribution is -2.40. The average molecular weight is 1440 g/mol. The Bertz CT molecular complexity index is 4350. The van der Waals surface area contributed by atoms with Crippen LogP contribution in [0, 0.1) is 27.7 Å². The molecule has 0 saturated carbocycles. The first kappa shape index (κ1) is 81.9. The first-order valence-electron chi connectivity index (χ1n) is 39.6. The maximum absolute atomic E-state index is 12.6. The van der Waals surface area contributed by atoms with Gasteiger partial charge in [-0.1, -0.05) is 129 Å². The summed E-state index contributed by atoms with van der Waals surface area (Å²) in [4.78, 5) is 30.0. The van der Waals surface area contributed by atoms with Crippen LogP contribution < -0.4 is 25.2 Å². The Morgan fingerprint density at radius 3 is 1.58 bits per heavy atom. The molecule has 1 aliphatic carbocycles. The number of hydrogen-bond donors (Lipinski definition) is 2. The van der Waals surface area contributed by atoms with Crippen LogP contribution in [0.25, 0.3) is 0 Å². The lowest BCUT2D eigenvalue weighted by molar-refractivity contribution is -0.871. The lowest BCUT2D eigenvalue weighted by atomic mass is 9.80. The highest BCUT2D eigenvalue weighted by Gasteiger charge is 2.46. The highest BCUT2D eigenvalue weighted by molar-refractivity contribution is 6.04. The molecule has 10 rings (SSSR count). The maximum atomic E-state index is 12.6. The largest absolute Gasteiger partial charge is 0.457 e. The van der Waals surface area contributed by atoms with E-state index in [1.807, 2.05) is 41.5 Å². The minimum atomic E-state index is -0.241. The zero-order valence-corrected chi connectivity index (χ0v) is 70.2. The van der Waals surface area contributed by atoms with Gasteiger partial charge in [0.1, 0.15) is 18.6 Å². The van der Waals surface area contributed by atoms with E-state index < -0.39 is 0 Å². The molecular formula is C95H134N8O3+4.